The number of cyclic esters (lactones) is 1. The summed E-state index contributed by atoms with van der Waals surface area (Å²) >= 11 is 0. The second-order valence-corrected chi connectivity index (χ2v) is 6.06. The standard InChI is InChI=1S/C16H21F2N5O4/c1-19-15(24)20-8-11-9-23(16(25)27-11)10-6-12(17)14(13(18)7-10)22-3-2-21-26-5-4-22/h6-7,11,21H,2-5,8-9H2,1H3,(H2,19,20,24)/t11-/m0/s1. The van der Waals surface area contributed by atoms with Gasteiger partial charge in [-0.2, -0.15) is 0 Å². The number of urea groups is 1. The molecule has 2 aliphatic rings. The molecule has 2 fully saturated rings. The highest BCUT2D eigenvalue weighted by Gasteiger charge is 2.34. The zero-order chi connectivity index (χ0) is 19.4. The molecule has 0 aliphatic carbocycles. The first kappa shape index (κ1) is 19.1. The number of nitrogens with zero attached hydrogens (tertiary/aromatic N) is 2. The highest BCUT2D eigenvalue weighted by Crippen LogP contribution is 2.31. The monoisotopic (exact) mass is 385 g/mol. The van der Waals surface area contributed by atoms with Crippen LogP contribution in [0.5, 0.6) is 0 Å². The topological polar surface area (TPSA) is 95.2 Å². The Balaban J connectivity index is 1.73. The van der Waals surface area contributed by atoms with Crippen LogP contribution in [0.4, 0.5) is 29.7 Å². The molecule has 3 N–H and O–H groups in total. The zero-order valence-corrected chi connectivity index (χ0v) is 14.8. The Kier molecular flexibility index (Phi) is 5.91. The van der Waals surface area contributed by atoms with Crippen LogP contribution in [0, 0.1) is 11.6 Å². The molecule has 3 rings (SSSR count). The third-order valence-electron chi connectivity index (χ3n) is 4.27. The van der Waals surface area contributed by atoms with Gasteiger partial charge in [-0.1, -0.05) is 0 Å². The van der Waals surface area contributed by atoms with E-state index < -0.39 is 29.9 Å². The molecule has 148 valence electrons. The summed E-state index contributed by atoms with van der Waals surface area (Å²) in [6, 6.07) is 1.79. The minimum absolute atomic E-state index is 0.0605. The summed E-state index contributed by atoms with van der Waals surface area (Å²) in [6.45, 7) is 1.60. The molecule has 0 bridgehead atoms. The van der Waals surface area contributed by atoms with Gasteiger partial charge in [0.15, 0.2) is 11.6 Å². The summed E-state index contributed by atoms with van der Waals surface area (Å²) in [5.41, 5.74) is 2.59. The van der Waals surface area contributed by atoms with E-state index in [1.807, 2.05) is 0 Å². The van der Waals surface area contributed by atoms with Gasteiger partial charge < -0.3 is 20.3 Å². The molecule has 0 radical (unpaired) electrons. The van der Waals surface area contributed by atoms with Crippen LogP contribution >= 0.6 is 0 Å². The largest absolute Gasteiger partial charge is 0.442 e. The van der Waals surface area contributed by atoms with Gasteiger partial charge in [-0.05, 0) is 0 Å². The van der Waals surface area contributed by atoms with E-state index in [1.165, 1.54) is 7.05 Å². The molecule has 2 aliphatic heterocycles. The van der Waals surface area contributed by atoms with Gasteiger partial charge in [-0.25, -0.2) is 23.9 Å². The summed E-state index contributed by atoms with van der Waals surface area (Å²) in [5, 5.41) is 4.90. The van der Waals surface area contributed by atoms with Crippen LogP contribution in [0.25, 0.3) is 0 Å². The second kappa shape index (κ2) is 8.35. The molecule has 11 heteroatoms. The first-order valence-corrected chi connectivity index (χ1v) is 8.52. The average molecular weight is 385 g/mol. The third-order valence-corrected chi connectivity index (χ3v) is 4.27. The Labute approximate surface area is 154 Å². The second-order valence-electron chi connectivity index (χ2n) is 6.06. The molecule has 2 saturated heterocycles. The molecule has 2 heterocycles. The Bertz CT molecular complexity index is 689. The fourth-order valence-corrected chi connectivity index (χ4v) is 2.96. The van der Waals surface area contributed by atoms with Gasteiger partial charge in [-0.15, -0.1) is 0 Å². The number of rotatable bonds is 4. The van der Waals surface area contributed by atoms with Crippen molar-refractivity contribution in [2.75, 3.05) is 56.2 Å². The fourth-order valence-electron chi connectivity index (χ4n) is 2.96. The first-order valence-electron chi connectivity index (χ1n) is 8.52. The van der Waals surface area contributed by atoms with Crippen molar-refractivity contribution in [3.05, 3.63) is 23.8 Å². The average Bonchev–Trinajstić information content (AvgIpc) is 2.82. The van der Waals surface area contributed by atoms with Gasteiger partial charge in [0, 0.05) is 38.8 Å². The van der Waals surface area contributed by atoms with Crippen molar-refractivity contribution in [3.8, 4) is 0 Å². The summed E-state index contributed by atoms with van der Waals surface area (Å²) < 4.78 is 34.4. The van der Waals surface area contributed by atoms with E-state index in [-0.39, 0.29) is 24.5 Å². The molecular formula is C16H21F2N5O4. The number of hydroxylamine groups is 1. The predicted octanol–water partition coefficient (Wildman–Crippen LogP) is 0.560. The van der Waals surface area contributed by atoms with E-state index in [1.54, 1.807) is 4.90 Å². The number of carbonyl (C=O) groups excluding carboxylic acids is 2. The van der Waals surface area contributed by atoms with Crippen molar-refractivity contribution in [1.29, 1.82) is 0 Å². The van der Waals surface area contributed by atoms with Gasteiger partial charge in [0.1, 0.15) is 11.8 Å². The van der Waals surface area contributed by atoms with Crippen molar-refractivity contribution < 1.29 is 27.9 Å². The maximum absolute atomic E-state index is 14.6. The Morgan fingerprint density at radius 3 is 2.78 bits per heavy atom. The summed E-state index contributed by atoms with van der Waals surface area (Å²) in [5.74, 6) is -1.54. The summed E-state index contributed by atoms with van der Waals surface area (Å²) in [6.07, 6.45) is -1.34. The van der Waals surface area contributed by atoms with Gasteiger partial charge in [0.05, 0.1) is 25.4 Å². The van der Waals surface area contributed by atoms with E-state index in [0.717, 1.165) is 17.0 Å². The van der Waals surface area contributed by atoms with Crippen LogP contribution in [0.3, 0.4) is 0 Å². The molecule has 0 saturated carbocycles. The molecule has 27 heavy (non-hydrogen) atoms. The number of amides is 3. The number of nitrogens with one attached hydrogen (secondary N) is 3. The van der Waals surface area contributed by atoms with Crippen LogP contribution in [-0.4, -0.2) is 64.6 Å². The minimum Gasteiger partial charge on any atom is -0.442 e. The highest BCUT2D eigenvalue weighted by atomic mass is 19.1. The van der Waals surface area contributed by atoms with Crippen LogP contribution in [0.2, 0.25) is 0 Å². The lowest BCUT2D eigenvalue weighted by atomic mass is 10.2. The maximum atomic E-state index is 14.6. The normalized spacial score (nSPS) is 20.3. The summed E-state index contributed by atoms with van der Waals surface area (Å²) in [4.78, 5) is 31.0. The van der Waals surface area contributed by atoms with E-state index >= 15 is 0 Å². The van der Waals surface area contributed by atoms with E-state index in [2.05, 4.69) is 16.1 Å². The minimum atomic E-state index is -0.772. The van der Waals surface area contributed by atoms with Gasteiger partial charge in [0.2, 0.25) is 0 Å². The molecule has 3 amide bonds. The smallest absolute Gasteiger partial charge is 0.414 e. The van der Waals surface area contributed by atoms with Gasteiger partial charge in [-0.3, -0.25) is 9.74 Å². The van der Waals surface area contributed by atoms with Crippen molar-refractivity contribution >= 4 is 23.5 Å². The number of halogens is 2. The lowest BCUT2D eigenvalue weighted by Crippen LogP contribution is -2.39. The van der Waals surface area contributed by atoms with E-state index in [4.69, 9.17) is 9.57 Å². The Hall–Kier alpha value is -2.66. The Morgan fingerprint density at radius 2 is 2.07 bits per heavy atom. The fraction of sp³-hybridized carbons (Fsp3) is 0.500. The molecule has 1 aromatic rings. The van der Waals surface area contributed by atoms with Crippen molar-refractivity contribution in [2.45, 2.75) is 6.10 Å². The lowest BCUT2D eigenvalue weighted by molar-refractivity contribution is 0.0589. The number of ether oxygens (including phenoxy) is 1. The first-order chi connectivity index (χ1) is 13.0. The van der Waals surface area contributed by atoms with E-state index in [9.17, 15) is 18.4 Å². The third kappa shape index (κ3) is 4.37. The SMILES string of the molecule is CNC(=O)NC[C@H]1CN(c2cc(F)c(N3CCNOCC3)c(F)c2)C(=O)O1. The quantitative estimate of drug-likeness (QED) is 0.701. The molecule has 0 unspecified atom stereocenters. The molecule has 1 atom stereocenters. The number of benzene rings is 1. The highest BCUT2D eigenvalue weighted by molar-refractivity contribution is 5.90. The van der Waals surface area contributed by atoms with Crippen molar-refractivity contribution in [3.63, 3.8) is 0 Å². The zero-order valence-electron chi connectivity index (χ0n) is 14.8. The molecule has 0 aromatic heterocycles. The van der Waals surface area contributed by atoms with Crippen LogP contribution in [0.15, 0.2) is 12.1 Å². The molecule has 0 spiro atoms. The van der Waals surface area contributed by atoms with Crippen LogP contribution in [0.1, 0.15) is 0 Å². The van der Waals surface area contributed by atoms with Crippen molar-refractivity contribution in [2.24, 2.45) is 0 Å². The number of anilines is 2. The van der Waals surface area contributed by atoms with Crippen LogP contribution in [-0.2, 0) is 9.57 Å². The molecular weight excluding hydrogens is 364 g/mol. The molecule has 1 aromatic carbocycles. The number of hydrogen-bond donors (Lipinski definition) is 3. The predicted molar refractivity (Wildman–Crippen MR) is 92.6 cm³/mol. The lowest BCUT2D eigenvalue weighted by Gasteiger charge is -2.24. The number of carbonyl (C=O) groups is 2. The number of hydrogen-bond acceptors (Lipinski definition) is 6. The van der Waals surface area contributed by atoms with Crippen LogP contribution < -0.4 is 25.9 Å². The maximum Gasteiger partial charge on any atom is 0.414 e. The summed E-state index contributed by atoms with van der Waals surface area (Å²) in [7, 11) is 1.46. The van der Waals surface area contributed by atoms with Gasteiger partial charge in [0.25, 0.3) is 0 Å². The van der Waals surface area contributed by atoms with E-state index in [0.29, 0.717) is 26.2 Å². The Morgan fingerprint density at radius 1 is 1.33 bits per heavy atom. The van der Waals surface area contributed by atoms with Crippen molar-refractivity contribution in [1.82, 2.24) is 16.1 Å². The molecule has 9 nitrogen and oxygen atoms in total. The van der Waals surface area contributed by atoms with Gasteiger partial charge >= 0.3 is 12.1 Å².